The highest BCUT2D eigenvalue weighted by molar-refractivity contribution is 6.39. The van der Waals surface area contributed by atoms with E-state index in [-0.39, 0.29) is 18.4 Å². The molecule has 24 heavy (non-hydrogen) atoms. The van der Waals surface area contributed by atoms with Crippen molar-refractivity contribution in [2.75, 3.05) is 51.6 Å². The Bertz CT molecular complexity index is 571. The third-order valence-corrected chi connectivity index (χ3v) is 4.45. The molecule has 1 saturated heterocycles. The second-order valence-electron chi connectivity index (χ2n) is 5.76. The normalized spacial score (nSPS) is 14.8. The molecule has 1 aromatic carbocycles. The molecule has 0 radical (unpaired) electrons. The Morgan fingerprint density at radius 2 is 1.88 bits per heavy atom. The molecule has 0 unspecified atom stereocenters. The van der Waals surface area contributed by atoms with Gasteiger partial charge in [-0.25, -0.2) is 0 Å². The maximum Gasteiger partial charge on any atom is 0.238 e. The number of rotatable bonds is 6. The highest BCUT2D eigenvalue weighted by Crippen LogP contribution is 2.29. The molecule has 1 aromatic rings. The van der Waals surface area contributed by atoms with E-state index in [0.29, 0.717) is 28.7 Å². The summed E-state index contributed by atoms with van der Waals surface area (Å²) < 4.78 is 0. The molecule has 6 nitrogen and oxygen atoms in total. The van der Waals surface area contributed by atoms with E-state index >= 15 is 0 Å². The van der Waals surface area contributed by atoms with Crippen LogP contribution in [0.1, 0.15) is 6.42 Å². The summed E-state index contributed by atoms with van der Waals surface area (Å²) >= 11 is 12.1. The molecule has 2 rings (SSSR count). The first-order valence-electron chi connectivity index (χ1n) is 7.88. The first kappa shape index (κ1) is 19.0. The Kier molecular flexibility index (Phi) is 7.30. The van der Waals surface area contributed by atoms with E-state index in [4.69, 9.17) is 23.2 Å². The lowest BCUT2D eigenvalue weighted by atomic mass is 10.3. The largest absolute Gasteiger partial charge is 0.340 e. The summed E-state index contributed by atoms with van der Waals surface area (Å²) in [6.45, 7) is 3.84. The number of likely N-dealkylation sites (N-methyl/N-ethyl adjacent to an activating group) is 1. The standard InChI is InChI=1S/C16H22Cl2N4O2/c1-21(8-5-15(24)22-9-6-19-7-10-22)11-14(23)20-16-12(17)3-2-4-13(16)18/h2-4,19H,5-11H2,1H3,(H,20,23). The van der Waals surface area contributed by atoms with Crippen LogP contribution in [0.15, 0.2) is 18.2 Å². The summed E-state index contributed by atoms with van der Waals surface area (Å²) in [5.41, 5.74) is 0.413. The maximum atomic E-state index is 12.1. The van der Waals surface area contributed by atoms with Gasteiger partial charge in [0.05, 0.1) is 22.3 Å². The Morgan fingerprint density at radius 1 is 1.25 bits per heavy atom. The van der Waals surface area contributed by atoms with Gasteiger partial charge in [-0.1, -0.05) is 29.3 Å². The first-order valence-corrected chi connectivity index (χ1v) is 8.64. The summed E-state index contributed by atoms with van der Waals surface area (Å²) in [7, 11) is 1.80. The van der Waals surface area contributed by atoms with Crippen molar-refractivity contribution in [1.29, 1.82) is 0 Å². The predicted molar refractivity (Wildman–Crippen MR) is 96.7 cm³/mol. The Labute approximate surface area is 152 Å². The van der Waals surface area contributed by atoms with Crippen LogP contribution in [0.4, 0.5) is 5.69 Å². The van der Waals surface area contributed by atoms with Crippen molar-refractivity contribution in [3.8, 4) is 0 Å². The smallest absolute Gasteiger partial charge is 0.238 e. The average molecular weight is 373 g/mol. The molecule has 0 saturated carbocycles. The van der Waals surface area contributed by atoms with Gasteiger partial charge in [0.2, 0.25) is 11.8 Å². The molecule has 0 spiro atoms. The number of amides is 2. The van der Waals surface area contributed by atoms with Crippen LogP contribution in [0.25, 0.3) is 0 Å². The number of anilines is 1. The molecule has 2 amide bonds. The zero-order valence-corrected chi connectivity index (χ0v) is 15.2. The van der Waals surface area contributed by atoms with E-state index in [9.17, 15) is 9.59 Å². The van der Waals surface area contributed by atoms with Crippen LogP contribution in [0.2, 0.25) is 10.0 Å². The minimum Gasteiger partial charge on any atom is -0.340 e. The van der Waals surface area contributed by atoms with E-state index in [0.717, 1.165) is 26.2 Å². The van der Waals surface area contributed by atoms with Crippen LogP contribution in [-0.4, -0.2) is 67.9 Å². The van der Waals surface area contributed by atoms with Crippen molar-refractivity contribution in [2.45, 2.75) is 6.42 Å². The fourth-order valence-corrected chi connectivity index (χ4v) is 2.97. The molecule has 1 aliphatic heterocycles. The number of hydrogen-bond acceptors (Lipinski definition) is 4. The van der Waals surface area contributed by atoms with Crippen LogP contribution >= 0.6 is 23.2 Å². The number of piperazine rings is 1. The third-order valence-electron chi connectivity index (χ3n) is 3.82. The Hall–Kier alpha value is -1.34. The summed E-state index contributed by atoms with van der Waals surface area (Å²) in [5, 5.41) is 6.72. The molecule has 0 aromatic heterocycles. The van der Waals surface area contributed by atoms with E-state index in [1.807, 2.05) is 4.90 Å². The van der Waals surface area contributed by atoms with Gasteiger partial charge in [-0.3, -0.25) is 14.5 Å². The average Bonchev–Trinajstić information content (AvgIpc) is 2.57. The number of nitrogens with one attached hydrogen (secondary N) is 2. The summed E-state index contributed by atoms with van der Waals surface area (Å²) in [5.74, 6) is -0.0972. The van der Waals surface area contributed by atoms with Crippen LogP contribution in [0.3, 0.4) is 0 Å². The number of carbonyl (C=O) groups is 2. The minimum atomic E-state index is -0.220. The molecule has 132 valence electrons. The zero-order chi connectivity index (χ0) is 17.5. The molecule has 2 N–H and O–H groups in total. The van der Waals surface area contributed by atoms with Crippen LogP contribution in [0, 0.1) is 0 Å². The van der Waals surface area contributed by atoms with Crippen molar-refractivity contribution < 1.29 is 9.59 Å². The number of para-hydroxylation sites is 1. The van der Waals surface area contributed by atoms with Crippen LogP contribution in [-0.2, 0) is 9.59 Å². The number of halogens is 2. The molecule has 1 fully saturated rings. The molecule has 0 bridgehead atoms. The maximum absolute atomic E-state index is 12.1. The second-order valence-corrected chi connectivity index (χ2v) is 6.58. The molecular formula is C16H22Cl2N4O2. The SMILES string of the molecule is CN(CCC(=O)N1CCNCC1)CC(=O)Nc1c(Cl)cccc1Cl. The fraction of sp³-hybridized carbons (Fsp3) is 0.500. The van der Waals surface area contributed by atoms with Gasteiger partial charge in [-0.05, 0) is 19.2 Å². The summed E-state index contributed by atoms with van der Waals surface area (Å²) in [4.78, 5) is 27.9. The van der Waals surface area contributed by atoms with E-state index in [1.165, 1.54) is 0 Å². The third kappa shape index (κ3) is 5.63. The highest BCUT2D eigenvalue weighted by Gasteiger charge is 2.17. The van der Waals surface area contributed by atoms with E-state index < -0.39 is 0 Å². The van der Waals surface area contributed by atoms with Crippen molar-refractivity contribution in [2.24, 2.45) is 0 Å². The lowest BCUT2D eigenvalue weighted by Crippen LogP contribution is -2.47. The van der Waals surface area contributed by atoms with Gasteiger partial charge < -0.3 is 15.5 Å². The van der Waals surface area contributed by atoms with Crippen molar-refractivity contribution in [3.63, 3.8) is 0 Å². The predicted octanol–water partition coefficient (Wildman–Crippen LogP) is 1.69. The molecule has 1 aliphatic rings. The van der Waals surface area contributed by atoms with Gasteiger partial charge in [-0.2, -0.15) is 0 Å². The van der Waals surface area contributed by atoms with E-state index in [1.54, 1.807) is 30.1 Å². The molecule has 1 heterocycles. The highest BCUT2D eigenvalue weighted by atomic mass is 35.5. The lowest BCUT2D eigenvalue weighted by molar-refractivity contribution is -0.132. The van der Waals surface area contributed by atoms with Gasteiger partial charge >= 0.3 is 0 Å². The quantitative estimate of drug-likeness (QED) is 0.797. The van der Waals surface area contributed by atoms with Crippen molar-refractivity contribution in [3.05, 3.63) is 28.2 Å². The van der Waals surface area contributed by atoms with Crippen LogP contribution < -0.4 is 10.6 Å². The summed E-state index contributed by atoms with van der Waals surface area (Å²) in [6.07, 6.45) is 0.399. The van der Waals surface area contributed by atoms with E-state index in [2.05, 4.69) is 10.6 Å². The van der Waals surface area contributed by atoms with Gasteiger partial charge in [-0.15, -0.1) is 0 Å². The monoisotopic (exact) mass is 372 g/mol. The van der Waals surface area contributed by atoms with Crippen molar-refractivity contribution >= 4 is 40.7 Å². The number of carbonyl (C=O) groups excluding carboxylic acids is 2. The van der Waals surface area contributed by atoms with Gasteiger partial charge in [0.1, 0.15) is 0 Å². The fourth-order valence-electron chi connectivity index (χ4n) is 2.48. The summed E-state index contributed by atoms with van der Waals surface area (Å²) in [6, 6.07) is 5.05. The molecule has 0 aliphatic carbocycles. The number of hydrogen-bond donors (Lipinski definition) is 2. The molecular weight excluding hydrogens is 351 g/mol. The molecule has 8 heteroatoms. The first-order chi connectivity index (χ1) is 11.5. The zero-order valence-electron chi connectivity index (χ0n) is 13.6. The number of benzene rings is 1. The second kappa shape index (κ2) is 9.22. The van der Waals surface area contributed by atoms with Gasteiger partial charge in [0, 0.05) is 39.1 Å². The van der Waals surface area contributed by atoms with Crippen LogP contribution in [0.5, 0.6) is 0 Å². The van der Waals surface area contributed by atoms with Crippen molar-refractivity contribution in [1.82, 2.24) is 15.1 Å². The molecule has 0 atom stereocenters. The number of nitrogens with zero attached hydrogens (tertiary/aromatic N) is 2. The van der Waals surface area contributed by atoms with Gasteiger partial charge in [0.15, 0.2) is 0 Å². The minimum absolute atomic E-state index is 0.123. The topological polar surface area (TPSA) is 64.7 Å². The Balaban J connectivity index is 1.76. The van der Waals surface area contributed by atoms with Gasteiger partial charge in [0.25, 0.3) is 0 Å². The Morgan fingerprint density at radius 3 is 2.50 bits per heavy atom. The lowest BCUT2D eigenvalue weighted by Gasteiger charge is -2.28.